The molecular weight excluding hydrogens is 556 g/mol. The van der Waals surface area contributed by atoms with Crippen molar-refractivity contribution in [2.75, 3.05) is 39.4 Å². The normalized spacial score (nSPS) is 40.8. The van der Waals surface area contributed by atoms with Crippen molar-refractivity contribution >= 4 is 11.8 Å². The van der Waals surface area contributed by atoms with E-state index in [0.29, 0.717) is 37.8 Å². The zero-order chi connectivity index (χ0) is 31.6. The van der Waals surface area contributed by atoms with E-state index in [1.54, 1.807) is 0 Å². The van der Waals surface area contributed by atoms with Crippen molar-refractivity contribution < 1.29 is 59.9 Å². The molecule has 0 aromatic carbocycles. The second-order valence-corrected chi connectivity index (χ2v) is 13.2. The van der Waals surface area contributed by atoms with Crippen LogP contribution in [0.2, 0.25) is 0 Å². The van der Waals surface area contributed by atoms with Crippen LogP contribution < -0.4 is 0 Å². The van der Waals surface area contributed by atoms with Crippen molar-refractivity contribution in [2.24, 2.45) is 23.7 Å². The van der Waals surface area contributed by atoms with E-state index in [-0.39, 0.29) is 43.3 Å². The fourth-order valence-electron chi connectivity index (χ4n) is 6.39. The first kappa shape index (κ1) is 35.0. The Morgan fingerprint density at radius 1 is 0.786 bits per heavy atom. The van der Waals surface area contributed by atoms with Gasteiger partial charge >= 0.3 is 0 Å². The summed E-state index contributed by atoms with van der Waals surface area (Å²) in [5.74, 6) is -2.82. The van der Waals surface area contributed by atoms with Crippen molar-refractivity contribution in [3.05, 3.63) is 0 Å². The minimum absolute atomic E-state index is 0.0909. The number of hydrogen-bond acceptors (Lipinski definition) is 12. The molecule has 10 atom stereocenters. The zero-order valence-electron chi connectivity index (χ0n) is 24.9. The lowest BCUT2D eigenvalue weighted by molar-refractivity contribution is -0.323. The Bertz CT molecular complexity index is 883. The molecule has 14 nitrogen and oxygen atoms in total. The number of carbonyl (C=O) groups is 2. The van der Waals surface area contributed by atoms with E-state index in [1.807, 2.05) is 0 Å². The van der Waals surface area contributed by atoms with Gasteiger partial charge in [-0.15, -0.1) is 0 Å². The maximum Gasteiger partial charge on any atom is 0.223 e. The minimum atomic E-state index is -2.04. The first-order chi connectivity index (χ1) is 19.5. The molecule has 0 saturated carbocycles. The quantitative estimate of drug-likeness (QED) is 0.135. The fourth-order valence-corrected chi connectivity index (χ4v) is 6.39. The predicted molar refractivity (Wildman–Crippen MR) is 146 cm³/mol. The van der Waals surface area contributed by atoms with Crippen LogP contribution in [-0.4, -0.2) is 150 Å². The van der Waals surface area contributed by atoms with Crippen molar-refractivity contribution in [1.82, 2.24) is 9.80 Å². The van der Waals surface area contributed by atoms with Gasteiger partial charge < -0.3 is 60.1 Å². The molecule has 244 valence electrons. The number of likely N-dealkylation sites (tertiary alicyclic amines) is 2. The van der Waals surface area contributed by atoms with Gasteiger partial charge in [-0.25, -0.2) is 0 Å². The number of aliphatic hydroxyl groups is 8. The molecule has 14 heteroatoms. The average Bonchev–Trinajstić information content (AvgIpc) is 3.48. The van der Waals surface area contributed by atoms with Crippen LogP contribution in [0.4, 0.5) is 0 Å². The lowest BCUT2D eigenvalue weighted by atomic mass is 9.96. The number of amides is 2. The monoisotopic (exact) mass is 606 g/mol. The van der Waals surface area contributed by atoms with Gasteiger partial charge in [-0.1, -0.05) is 27.7 Å². The number of nitrogens with zero attached hydrogens (tertiary/aromatic N) is 2. The molecule has 42 heavy (non-hydrogen) atoms. The van der Waals surface area contributed by atoms with Gasteiger partial charge in [0.15, 0.2) is 0 Å². The smallest absolute Gasteiger partial charge is 0.223 e. The first-order valence-corrected chi connectivity index (χ1v) is 14.8. The summed E-state index contributed by atoms with van der Waals surface area (Å²) in [7, 11) is 0. The largest absolute Gasteiger partial charge is 0.394 e. The van der Waals surface area contributed by atoms with Gasteiger partial charge in [-0.05, 0) is 36.5 Å². The molecule has 4 fully saturated rings. The van der Waals surface area contributed by atoms with E-state index in [9.17, 15) is 45.3 Å². The van der Waals surface area contributed by atoms with Gasteiger partial charge in [0, 0.05) is 25.9 Å². The molecular formula is C28H50N2O12. The molecule has 2 amide bonds. The highest BCUT2D eigenvalue weighted by atomic mass is 16.7. The van der Waals surface area contributed by atoms with Crippen LogP contribution in [0.25, 0.3) is 0 Å². The molecule has 0 spiro atoms. The van der Waals surface area contributed by atoms with Crippen LogP contribution in [0.15, 0.2) is 0 Å². The molecule has 0 bridgehead atoms. The molecule has 4 saturated heterocycles. The standard InChI is InChI=1S/2C14H25NO6/c1-8(2)3-9-4-11(17)15(5-9)7-14(20)13(19)12(18)10(16)6-21-14;1-8(2)3-9-4-11(17)15(5-9)7-14(20)13(19)12(18)10(6-16)21-14/h2*8-10,12-13,16,18-20H,3-7H2,1-2H3/t2*9-,10-,12-,13+,14-/m11/s1. The number of rotatable bonds is 9. The average molecular weight is 607 g/mol. The van der Waals surface area contributed by atoms with E-state index in [4.69, 9.17) is 14.6 Å². The summed E-state index contributed by atoms with van der Waals surface area (Å²) in [6, 6.07) is 0. The lowest BCUT2D eigenvalue weighted by Gasteiger charge is -2.43. The maximum absolute atomic E-state index is 12.0. The zero-order valence-corrected chi connectivity index (χ0v) is 24.9. The van der Waals surface area contributed by atoms with E-state index >= 15 is 0 Å². The Morgan fingerprint density at radius 2 is 1.24 bits per heavy atom. The molecule has 0 aliphatic carbocycles. The van der Waals surface area contributed by atoms with Crippen LogP contribution in [0.1, 0.15) is 53.4 Å². The van der Waals surface area contributed by atoms with Gasteiger partial charge in [0.2, 0.25) is 23.4 Å². The molecule has 4 aliphatic rings. The van der Waals surface area contributed by atoms with Crippen molar-refractivity contribution in [2.45, 2.75) is 102 Å². The van der Waals surface area contributed by atoms with Gasteiger partial charge in [0.05, 0.1) is 26.3 Å². The van der Waals surface area contributed by atoms with E-state index < -0.39 is 54.8 Å². The number of carbonyl (C=O) groups excluding carboxylic acids is 2. The van der Waals surface area contributed by atoms with E-state index in [2.05, 4.69) is 27.7 Å². The number of β-amino-alcohol motifs (C(OH)–C–C–N with tert-alkyl or cyclic N) is 2. The molecule has 0 unspecified atom stereocenters. The summed E-state index contributed by atoms with van der Waals surface area (Å²) in [5.41, 5.74) is 0. The van der Waals surface area contributed by atoms with Crippen molar-refractivity contribution in [1.29, 1.82) is 0 Å². The maximum atomic E-state index is 12.0. The van der Waals surface area contributed by atoms with Crippen LogP contribution in [0.5, 0.6) is 0 Å². The van der Waals surface area contributed by atoms with Gasteiger partial charge in [0.25, 0.3) is 0 Å². The Balaban J connectivity index is 0.000000230. The van der Waals surface area contributed by atoms with Crippen molar-refractivity contribution in [3.8, 4) is 0 Å². The number of aliphatic hydroxyl groups excluding tert-OH is 6. The molecule has 8 N–H and O–H groups in total. The van der Waals surface area contributed by atoms with Crippen LogP contribution in [0, 0.1) is 23.7 Å². The highest BCUT2D eigenvalue weighted by molar-refractivity contribution is 5.79. The summed E-state index contributed by atoms with van der Waals surface area (Å²) in [6.45, 7) is 8.18. The Hall–Kier alpha value is -1.46. The number of ether oxygens (including phenoxy) is 2. The Morgan fingerprint density at radius 3 is 1.67 bits per heavy atom. The topological polar surface area (TPSA) is 221 Å². The van der Waals surface area contributed by atoms with Crippen LogP contribution in [-0.2, 0) is 19.1 Å². The molecule has 0 aromatic rings. The summed E-state index contributed by atoms with van der Waals surface area (Å²) in [6.07, 6.45) is -5.66. The molecule has 4 rings (SSSR count). The van der Waals surface area contributed by atoms with Gasteiger partial charge in [-0.2, -0.15) is 0 Å². The highest BCUT2D eigenvalue weighted by Crippen LogP contribution is 2.33. The molecule has 4 heterocycles. The molecule has 0 radical (unpaired) electrons. The molecule has 4 aliphatic heterocycles. The Kier molecular flexibility index (Phi) is 11.8. The summed E-state index contributed by atoms with van der Waals surface area (Å²) < 4.78 is 10.2. The third-order valence-corrected chi connectivity index (χ3v) is 8.42. The molecule has 0 aromatic heterocycles. The first-order valence-electron chi connectivity index (χ1n) is 14.8. The fraction of sp³-hybridized carbons (Fsp3) is 0.929. The predicted octanol–water partition coefficient (Wildman–Crippen LogP) is -2.63. The number of hydrogen-bond donors (Lipinski definition) is 8. The van der Waals surface area contributed by atoms with Gasteiger partial charge in [-0.3, -0.25) is 9.59 Å². The summed E-state index contributed by atoms with van der Waals surface area (Å²) >= 11 is 0. The minimum Gasteiger partial charge on any atom is -0.394 e. The van der Waals surface area contributed by atoms with Crippen molar-refractivity contribution in [3.63, 3.8) is 0 Å². The highest BCUT2D eigenvalue weighted by Gasteiger charge is 2.55. The third-order valence-electron chi connectivity index (χ3n) is 8.42. The van der Waals surface area contributed by atoms with Crippen LogP contribution in [0.3, 0.4) is 0 Å². The summed E-state index contributed by atoms with van der Waals surface area (Å²) in [4.78, 5) is 26.9. The van der Waals surface area contributed by atoms with E-state index in [1.165, 1.54) is 9.80 Å². The van der Waals surface area contributed by atoms with Gasteiger partial charge in [0.1, 0.15) is 36.6 Å². The third kappa shape index (κ3) is 8.17. The second-order valence-electron chi connectivity index (χ2n) is 13.2. The summed E-state index contributed by atoms with van der Waals surface area (Å²) in [5, 5.41) is 78.3. The van der Waals surface area contributed by atoms with E-state index in [0.717, 1.165) is 12.8 Å². The van der Waals surface area contributed by atoms with Crippen LogP contribution >= 0.6 is 0 Å². The SMILES string of the molecule is CC(C)C[C@@H]1CC(=O)N(C[C@@]2(O)OC[C@@H](O)[C@@H](O)[C@@H]2O)C1.CC(C)C[C@@H]1CC(=O)N(C[C@@]2(O)O[C@H](CO)[C@@H](O)[C@@H]2O)C1. The second kappa shape index (κ2) is 14.1. The Labute approximate surface area is 246 Å². The lowest BCUT2D eigenvalue weighted by Crippen LogP contribution is -2.64.